The summed E-state index contributed by atoms with van der Waals surface area (Å²) in [4.78, 5) is 11.6. The Bertz CT molecular complexity index is 412. The monoisotopic (exact) mass is 263 g/mol. The topological polar surface area (TPSA) is 58.6 Å². The standard InChI is InChI=1S/C15H21NO3/c1-12(9-10-17)11-16-15(18)8-5-13-3-6-14(19-2)7-4-13/h3-8,12,17H,9-11H2,1-2H3,(H,16,18). The van der Waals surface area contributed by atoms with Crippen molar-refractivity contribution in [2.45, 2.75) is 13.3 Å². The van der Waals surface area contributed by atoms with Crippen LogP contribution in [0.1, 0.15) is 18.9 Å². The smallest absolute Gasteiger partial charge is 0.244 e. The fourth-order valence-electron chi connectivity index (χ4n) is 1.54. The first-order valence-electron chi connectivity index (χ1n) is 6.36. The molecule has 2 N–H and O–H groups in total. The lowest BCUT2D eigenvalue weighted by Gasteiger charge is -2.09. The molecular weight excluding hydrogens is 242 g/mol. The van der Waals surface area contributed by atoms with E-state index in [-0.39, 0.29) is 18.4 Å². The van der Waals surface area contributed by atoms with Gasteiger partial charge in [-0.15, -0.1) is 0 Å². The largest absolute Gasteiger partial charge is 0.497 e. The molecule has 4 nitrogen and oxygen atoms in total. The molecule has 0 radical (unpaired) electrons. The molecule has 0 bridgehead atoms. The van der Waals surface area contributed by atoms with Gasteiger partial charge in [0.1, 0.15) is 5.75 Å². The molecule has 0 aromatic heterocycles. The minimum absolute atomic E-state index is 0.124. The van der Waals surface area contributed by atoms with Crippen LogP contribution in [-0.4, -0.2) is 31.3 Å². The van der Waals surface area contributed by atoms with Crippen LogP contribution < -0.4 is 10.1 Å². The third-order valence-electron chi connectivity index (χ3n) is 2.79. The summed E-state index contributed by atoms with van der Waals surface area (Å²) < 4.78 is 5.06. The van der Waals surface area contributed by atoms with Crippen LogP contribution in [0.2, 0.25) is 0 Å². The highest BCUT2D eigenvalue weighted by Gasteiger charge is 2.02. The van der Waals surface area contributed by atoms with E-state index < -0.39 is 0 Å². The van der Waals surface area contributed by atoms with Gasteiger partial charge in [0.05, 0.1) is 7.11 Å². The van der Waals surface area contributed by atoms with Gasteiger partial charge in [-0.1, -0.05) is 19.1 Å². The van der Waals surface area contributed by atoms with Crippen LogP contribution in [0.5, 0.6) is 5.75 Å². The SMILES string of the molecule is COc1ccc(C=CC(=O)NCC(C)CCO)cc1. The zero-order valence-electron chi connectivity index (χ0n) is 11.4. The third kappa shape index (κ3) is 6.06. The molecule has 4 heteroatoms. The fraction of sp³-hybridized carbons (Fsp3) is 0.400. The zero-order chi connectivity index (χ0) is 14.1. The Kier molecular flexibility index (Phi) is 6.68. The van der Waals surface area contributed by atoms with Crippen molar-refractivity contribution in [3.63, 3.8) is 0 Å². The second kappa shape index (κ2) is 8.32. The maximum atomic E-state index is 11.6. The number of nitrogens with one attached hydrogen (secondary N) is 1. The number of ether oxygens (including phenoxy) is 1. The number of benzene rings is 1. The molecule has 104 valence electrons. The van der Waals surface area contributed by atoms with Crippen molar-refractivity contribution in [3.8, 4) is 5.75 Å². The molecule has 1 atom stereocenters. The molecule has 0 aliphatic carbocycles. The van der Waals surface area contributed by atoms with Gasteiger partial charge in [0.25, 0.3) is 0 Å². The van der Waals surface area contributed by atoms with Crippen molar-refractivity contribution in [3.05, 3.63) is 35.9 Å². The minimum Gasteiger partial charge on any atom is -0.497 e. The Hall–Kier alpha value is -1.81. The maximum Gasteiger partial charge on any atom is 0.244 e. The van der Waals surface area contributed by atoms with Crippen LogP contribution in [-0.2, 0) is 4.79 Å². The van der Waals surface area contributed by atoms with Gasteiger partial charge >= 0.3 is 0 Å². The van der Waals surface area contributed by atoms with Crippen molar-refractivity contribution in [2.75, 3.05) is 20.3 Å². The molecule has 19 heavy (non-hydrogen) atoms. The van der Waals surface area contributed by atoms with Crippen LogP contribution in [0.25, 0.3) is 6.08 Å². The van der Waals surface area contributed by atoms with Crippen molar-refractivity contribution in [1.82, 2.24) is 5.32 Å². The molecular formula is C15H21NO3. The van der Waals surface area contributed by atoms with E-state index in [1.807, 2.05) is 31.2 Å². The van der Waals surface area contributed by atoms with E-state index in [2.05, 4.69) is 5.32 Å². The lowest BCUT2D eigenvalue weighted by molar-refractivity contribution is -0.116. The Morgan fingerprint density at radius 2 is 2.11 bits per heavy atom. The van der Waals surface area contributed by atoms with E-state index in [1.54, 1.807) is 13.2 Å². The number of amides is 1. The summed E-state index contributed by atoms with van der Waals surface area (Å²) in [6.07, 6.45) is 3.96. The molecule has 1 amide bonds. The van der Waals surface area contributed by atoms with E-state index >= 15 is 0 Å². The molecule has 0 saturated heterocycles. The number of hydrogen-bond acceptors (Lipinski definition) is 3. The second-order valence-corrected chi connectivity index (χ2v) is 4.47. The number of methoxy groups -OCH3 is 1. The summed E-state index contributed by atoms with van der Waals surface area (Å²) in [5.74, 6) is 0.948. The van der Waals surface area contributed by atoms with Crippen molar-refractivity contribution >= 4 is 12.0 Å². The van der Waals surface area contributed by atoms with Crippen molar-refractivity contribution in [2.24, 2.45) is 5.92 Å². The predicted octanol–water partition coefficient (Wildman–Crippen LogP) is 1.84. The molecule has 1 rings (SSSR count). The molecule has 0 heterocycles. The van der Waals surface area contributed by atoms with E-state index in [4.69, 9.17) is 9.84 Å². The number of aliphatic hydroxyl groups is 1. The van der Waals surface area contributed by atoms with Crippen molar-refractivity contribution < 1.29 is 14.6 Å². The predicted molar refractivity (Wildman–Crippen MR) is 75.9 cm³/mol. The highest BCUT2D eigenvalue weighted by molar-refractivity contribution is 5.91. The lowest BCUT2D eigenvalue weighted by Crippen LogP contribution is -2.26. The van der Waals surface area contributed by atoms with Gasteiger partial charge in [-0.05, 0) is 36.1 Å². The number of carbonyl (C=O) groups is 1. The number of hydrogen-bond donors (Lipinski definition) is 2. The summed E-state index contributed by atoms with van der Waals surface area (Å²) in [6.45, 7) is 2.72. The van der Waals surface area contributed by atoms with E-state index in [1.165, 1.54) is 6.08 Å². The minimum atomic E-state index is -0.124. The summed E-state index contributed by atoms with van der Waals surface area (Å²) in [7, 11) is 1.62. The van der Waals surface area contributed by atoms with Gasteiger partial charge in [0.15, 0.2) is 0 Å². The number of carbonyl (C=O) groups excluding carboxylic acids is 1. The Labute approximate surface area is 114 Å². The van der Waals surface area contributed by atoms with Crippen LogP contribution in [0.3, 0.4) is 0 Å². The lowest BCUT2D eigenvalue weighted by atomic mass is 10.1. The zero-order valence-corrected chi connectivity index (χ0v) is 11.4. The van der Waals surface area contributed by atoms with Gasteiger partial charge in [-0.25, -0.2) is 0 Å². The molecule has 0 spiro atoms. The molecule has 0 aliphatic rings. The summed E-state index contributed by atoms with van der Waals surface area (Å²) in [5.41, 5.74) is 0.944. The van der Waals surface area contributed by atoms with Crippen molar-refractivity contribution in [1.29, 1.82) is 0 Å². The number of aliphatic hydroxyl groups excluding tert-OH is 1. The first-order valence-corrected chi connectivity index (χ1v) is 6.36. The Morgan fingerprint density at radius 3 is 2.68 bits per heavy atom. The van der Waals surface area contributed by atoms with E-state index in [0.717, 1.165) is 11.3 Å². The normalized spacial score (nSPS) is 12.4. The van der Waals surface area contributed by atoms with E-state index in [0.29, 0.717) is 13.0 Å². The first-order chi connectivity index (χ1) is 9.15. The fourth-order valence-corrected chi connectivity index (χ4v) is 1.54. The van der Waals surface area contributed by atoms with Gasteiger partial charge in [0, 0.05) is 19.2 Å². The maximum absolute atomic E-state index is 11.6. The summed E-state index contributed by atoms with van der Waals surface area (Å²) in [6, 6.07) is 7.47. The molecule has 0 aliphatic heterocycles. The molecule has 0 fully saturated rings. The van der Waals surface area contributed by atoms with Gasteiger partial charge in [-0.3, -0.25) is 4.79 Å². The van der Waals surface area contributed by atoms with E-state index in [9.17, 15) is 4.79 Å². The summed E-state index contributed by atoms with van der Waals surface area (Å²) >= 11 is 0. The molecule has 1 aromatic carbocycles. The summed E-state index contributed by atoms with van der Waals surface area (Å²) in [5, 5.41) is 11.6. The molecule has 0 saturated carbocycles. The number of rotatable bonds is 7. The van der Waals surface area contributed by atoms with Gasteiger partial charge in [-0.2, -0.15) is 0 Å². The van der Waals surface area contributed by atoms with Crippen LogP contribution in [0, 0.1) is 5.92 Å². The highest BCUT2D eigenvalue weighted by Crippen LogP contribution is 2.12. The quantitative estimate of drug-likeness (QED) is 0.738. The highest BCUT2D eigenvalue weighted by atomic mass is 16.5. The first kappa shape index (κ1) is 15.2. The second-order valence-electron chi connectivity index (χ2n) is 4.47. The van der Waals surface area contributed by atoms with Crippen LogP contribution in [0.4, 0.5) is 0 Å². The van der Waals surface area contributed by atoms with Crippen LogP contribution in [0.15, 0.2) is 30.3 Å². The average Bonchev–Trinajstić information content (AvgIpc) is 2.44. The molecule has 1 aromatic rings. The average molecular weight is 263 g/mol. The Morgan fingerprint density at radius 1 is 1.42 bits per heavy atom. The van der Waals surface area contributed by atoms with Gasteiger partial charge in [0.2, 0.25) is 5.91 Å². The van der Waals surface area contributed by atoms with Crippen LogP contribution >= 0.6 is 0 Å². The third-order valence-corrected chi connectivity index (χ3v) is 2.79. The Balaban J connectivity index is 2.40. The molecule has 1 unspecified atom stereocenters. The van der Waals surface area contributed by atoms with Gasteiger partial charge < -0.3 is 15.2 Å².